The van der Waals surface area contributed by atoms with E-state index in [4.69, 9.17) is 5.73 Å². The number of piperidine rings is 1. The highest BCUT2D eigenvalue weighted by atomic mass is 16.2. The van der Waals surface area contributed by atoms with Gasteiger partial charge in [0.1, 0.15) is 6.04 Å². The molecule has 2 unspecified atom stereocenters. The van der Waals surface area contributed by atoms with Gasteiger partial charge < -0.3 is 16.0 Å². The molecule has 0 saturated carbocycles. The first-order chi connectivity index (χ1) is 14.2. The monoisotopic (exact) mass is 417 g/mol. The van der Waals surface area contributed by atoms with Crippen LogP contribution in [0.15, 0.2) is 36.5 Å². The van der Waals surface area contributed by atoms with E-state index in [0.29, 0.717) is 25.8 Å². The molecule has 30 heavy (non-hydrogen) atoms. The molecular formula is C24H39N3O3. The van der Waals surface area contributed by atoms with Crippen molar-refractivity contribution in [3.8, 4) is 0 Å². The maximum absolute atomic E-state index is 12.6. The molecule has 1 fully saturated rings. The Morgan fingerprint density at radius 2 is 1.73 bits per heavy atom. The van der Waals surface area contributed by atoms with E-state index >= 15 is 0 Å². The summed E-state index contributed by atoms with van der Waals surface area (Å²) < 4.78 is 0. The number of amides is 3. The second-order valence-electron chi connectivity index (χ2n) is 8.50. The highest BCUT2D eigenvalue weighted by Crippen LogP contribution is 2.36. The van der Waals surface area contributed by atoms with Crippen LogP contribution >= 0.6 is 0 Å². The molecule has 3 aliphatic rings. The smallest absolute Gasteiger partial charge is 0.245 e. The van der Waals surface area contributed by atoms with Crippen molar-refractivity contribution in [2.75, 3.05) is 6.54 Å². The molecule has 0 aromatic heterocycles. The van der Waals surface area contributed by atoms with Gasteiger partial charge in [-0.05, 0) is 31.6 Å². The summed E-state index contributed by atoms with van der Waals surface area (Å²) >= 11 is 0. The van der Waals surface area contributed by atoms with Gasteiger partial charge in [-0.2, -0.15) is 0 Å². The summed E-state index contributed by atoms with van der Waals surface area (Å²) in [4.78, 5) is 38.6. The Morgan fingerprint density at radius 1 is 1.13 bits per heavy atom. The van der Waals surface area contributed by atoms with Gasteiger partial charge in [0.25, 0.3) is 0 Å². The van der Waals surface area contributed by atoms with Crippen LogP contribution in [0.5, 0.6) is 0 Å². The molecule has 0 radical (unpaired) electrons. The van der Waals surface area contributed by atoms with Crippen LogP contribution in [0.4, 0.5) is 0 Å². The van der Waals surface area contributed by atoms with Crippen molar-refractivity contribution in [2.24, 2.45) is 17.1 Å². The van der Waals surface area contributed by atoms with Gasteiger partial charge in [-0.3, -0.25) is 14.4 Å². The normalized spacial score (nSPS) is 23.5. The van der Waals surface area contributed by atoms with Crippen molar-refractivity contribution in [2.45, 2.75) is 78.8 Å². The molecule has 0 spiro atoms. The summed E-state index contributed by atoms with van der Waals surface area (Å²) in [5, 5.41) is 2.81. The lowest BCUT2D eigenvalue weighted by Gasteiger charge is -2.37. The lowest BCUT2D eigenvalue weighted by molar-refractivity contribution is -0.141. The van der Waals surface area contributed by atoms with E-state index in [9.17, 15) is 14.4 Å². The van der Waals surface area contributed by atoms with Gasteiger partial charge in [0.05, 0.1) is 11.5 Å². The molecule has 6 nitrogen and oxygen atoms in total. The van der Waals surface area contributed by atoms with Crippen molar-refractivity contribution >= 4 is 17.7 Å². The average Bonchev–Trinajstić information content (AvgIpc) is 3.03. The van der Waals surface area contributed by atoms with E-state index in [1.54, 1.807) is 4.90 Å². The van der Waals surface area contributed by atoms with E-state index < -0.39 is 17.4 Å². The van der Waals surface area contributed by atoms with Gasteiger partial charge in [0, 0.05) is 13.0 Å². The lowest BCUT2D eigenvalue weighted by atomic mass is 9.80. The van der Waals surface area contributed by atoms with Crippen LogP contribution < -0.4 is 11.1 Å². The first-order valence-corrected chi connectivity index (χ1v) is 11.1. The summed E-state index contributed by atoms with van der Waals surface area (Å²) in [5.41, 5.74) is 4.66. The van der Waals surface area contributed by atoms with Gasteiger partial charge in [-0.1, -0.05) is 71.1 Å². The Bertz CT molecular complexity index is 668. The summed E-state index contributed by atoms with van der Waals surface area (Å²) in [7, 11) is 0. The molecule has 168 valence electrons. The third-order valence-electron chi connectivity index (χ3n) is 5.16. The molecule has 2 atom stereocenters. The standard InChI is InChI=1S/C18H23N3O3.C4H10.C2H6/c19-17(24)18(9-3-4-10-18)12-15(22)20-14-8-7-13-6-2-1-5-11-21(13)16(14)23;1-4(2)3;1-2/h1-6,13-14H,7-12H2,(H2,19,24)(H,20,22);4H,1-3H3;1-2H3. The van der Waals surface area contributed by atoms with Crippen molar-refractivity contribution in [1.82, 2.24) is 10.2 Å². The fourth-order valence-electron chi connectivity index (χ4n) is 3.67. The topological polar surface area (TPSA) is 92.5 Å². The number of primary amides is 1. The van der Waals surface area contributed by atoms with Crippen molar-refractivity contribution in [1.29, 1.82) is 0 Å². The van der Waals surface area contributed by atoms with Crippen LogP contribution in [-0.4, -0.2) is 41.2 Å². The molecule has 1 aliphatic carbocycles. The number of allylic oxidation sites excluding steroid dienone is 4. The molecule has 2 aliphatic heterocycles. The fraction of sp³-hybridized carbons (Fsp3) is 0.625. The van der Waals surface area contributed by atoms with Crippen LogP contribution in [0.2, 0.25) is 0 Å². The van der Waals surface area contributed by atoms with Gasteiger partial charge in [-0.25, -0.2) is 0 Å². The summed E-state index contributed by atoms with van der Waals surface area (Å²) in [6.45, 7) is 11.1. The number of rotatable bonds is 4. The third kappa shape index (κ3) is 7.15. The predicted octanol–water partition coefficient (Wildman–Crippen LogP) is 3.49. The summed E-state index contributed by atoms with van der Waals surface area (Å²) in [5.74, 6) is 0.0316. The number of nitrogens with one attached hydrogen (secondary N) is 1. The zero-order valence-electron chi connectivity index (χ0n) is 19.2. The molecule has 0 aromatic carbocycles. The zero-order valence-corrected chi connectivity index (χ0v) is 19.2. The minimum Gasteiger partial charge on any atom is -0.369 e. The number of hydrogen-bond acceptors (Lipinski definition) is 3. The molecule has 2 heterocycles. The first-order valence-electron chi connectivity index (χ1n) is 11.1. The van der Waals surface area contributed by atoms with Crippen molar-refractivity contribution in [3.63, 3.8) is 0 Å². The number of hydrogen-bond donors (Lipinski definition) is 2. The fourth-order valence-corrected chi connectivity index (χ4v) is 3.67. The largest absolute Gasteiger partial charge is 0.369 e. The highest BCUT2D eigenvalue weighted by Gasteiger charge is 2.41. The zero-order chi connectivity index (χ0) is 22.7. The number of carbonyl (C=O) groups excluding carboxylic acids is 3. The van der Waals surface area contributed by atoms with E-state index in [-0.39, 0.29) is 24.3 Å². The first kappa shape index (κ1) is 25.7. The average molecular weight is 418 g/mol. The van der Waals surface area contributed by atoms with Crippen molar-refractivity contribution in [3.05, 3.63) is 36.5 Å². The molecular weight excluding hydrogens is 378 g/mol. The second-order valence-corrected chi connectivity index (χ2v) is 8.50. The van der Waals surface area contributed by atoms with Crippen LogP contribution in [0.1, 0.15) is 66.7 Å². The highest BCUT2D eigenvalue weighted by molar-refractivity contribution is 5.92. The molecule has 3 rings (SSSR count). The Hall–Kier alpha value is -2.37. The molecule has 3 amide bonds. The predicted molar refractivity (Wildman–Crippen MR) is 121 cm³/mol. The molecule has 6 heteroatoms. The minimum atomic E-state index is -0.835. The van der Waals surface area contributed by atoms with E-state index in [1.807, 2.05) is 50.3 Å². The molecule has 0 bridgehead atoms. The number of nitrogens with two attached hydrogens (primary N) is 1. The number of carbonyl (C=O) groups is 3. The summed E-state index contributed by atoms with van der Waals surface area (Å²) in [6, 6.07) is -0.426. The van der Waals surface area contributed by atoms with Crippen LogP contribution in [0, 0.1) is 11.3 Å². The van der Waals surface area contributed by atoms with E-state index in [1.165, 1.54) is 0 Å². The third-order valence-corrected chi connectivity index (χ3v) is 5.16. The Morgan fingerprint density at radius 3 is 2.30 bits per heavy atom. The van der Waals surface area contributed by atoms with Gasteiger partial charge in [0.15, 0.2) is 0 Å². The Kier molecular flexibility index (Phi) is 10.6. The Balaban J connectivity index is 0.000000673. The van der Waals surface area contributed by atoms with Crippen LogP contribution in [-0.2, 0) is 14.4 Å². The van der Waals surface area contributed by atoms with Gasteiger partial charge in [-0.15, -0.1) is 0 Å². The van der Waals surface area contributed by atoms with Gasteiger partial charge >= 0.3 is 0 Å². The molecule has 3 N–H and O–H groups in total. The van der Waals surface area contributed by atoms with Gasteiger partial charge in [0.2, 0.25) is 17.7 Å². The maximum Gasteiger partial charge on any atom is 0.245 e. The number of nitrogens with zero attached hydrogens (tertiary/aromatic N) is 1. The Labute approximate surface area is 181 Å². The quantitative estimate of drug-likeness (QED) is 0.686. The summed E-state index contributed by atoms with van der Waals surface area (Å²) in [6.07, 6.45) is 14.0. The van der Waals surface area contributed by atoms with E-state index in [0.717, 1.165) is 12.3 Å². The molecule has 0 aromatic rings. The van der Waals surface area contributed by atoms with Crippen molar-refractivity contribution < 1.29 is 14.4 Å². The molecule has 1 saturated heterocycles. The second kappa shape index (κ2) is 12.4. The SMILES string of the molecule is CC.CC(C)C.NC(=O)C1(CC(=O)NC2CCC3C=CC=CCN3C2=O)CC=CC1. The van der Waals surface area contributed by atoms with Crippen LogP contribution in [0.25, 0.3) is 0 Å². The van der Waals surface area contributed by atoms with Crippen LogP contribution in [0.3, 0.4) is 0 Å². The lowest BCUT2D eigenvalue weighted by Crippen LogP contribution is -2.56. The van der Waals surface area contributed by atoms with E-state index in [2.05, 4.69) is 26.1 Å². The number of fused-ring (bicyclic) bond motifs is 1. The minimum absolute atomic E-state index is 0.0301. The maximum atomic E-state index is 12.6.